The molecular weight excluding hydrogens is 442 g/mol. The smallest absolute Gasteiger partial charge is 0.282 e. The lowest BCUT2D eigenvalue weighted by molar-refractivity contribution is -0.384. The van der Waals surface area contributed by atoms with Crippen molar-refractivity contribution in [2.24, 2.45) is 0 Å². The molecule has 1 aliphatic rings. The topological polar surface area (TPSA) is 106 Å². The van der Waals surface area contributed by atoms with Crippen molar-refractivity contribution in [2.45, 2.75) is 0 Å². The average Bonchev–Trinajstić information content (AvgIpc) is 3.28. The molecule has 8 nitrogen and oxygen atoms in total. The number of nitro groups is 1. The van der Waals surface area contributed by atoms with Gasteiger partial charge in [-0.15, -0.1) is 0 Å². The summed E-state index contributed by atoms with van der Waals surface area (Å²) in [5, 5.41) is 12.1. The zero-order chi connectivity index (χ0) is 20.5. The number of amides is 2. The van der Waals surface area contributed by atoms with Crippen molar-refractivity contribution in [1.29, 1.82) is 0 Å². The second-order valence-corrected chi connectivity index (χ2v) is 7.04. The summed E-state index contributed by atoms with van der Waals surface area (Å²) >= 11 is 3.33. The zero-order valence-electron chi connectivity index (χ0n) is 14.7. The van der Waals surface area contributed by atoms with Crippen molar-refractivity contribution in [3.63, 3.8) is 0 Å². The number of benzene rings is 2. The van der Waals surface area contributed by atoms with Crippen LogP contribution in [-0.4, -0.2) is 16.7 Å². The van der Waals surface area contributed by atoms with Crippen LogP contribution in [0.5, 0.6) is 0 Å². The first-order valence-electron chi connectivity index (χ1n) is 8.40. The van der Waals surface area contributed by atoms with E-state index in [4.69, 9.17) is 4.42 Å². The lowest BCUT2D eigenvalue weighted by atomic mass is 10.1. The third-order valence-electron chi connectivity index (χ3n) is 4.21. The number of furan rings is 1. The highest BCUT2D eigenvalue weighted by molar-refractivity contribution is 9.10. The highest BCUT2D eigenvalue weighted by Crippen LogP contribution is 2.28. The third-order valence-corrected chi connectivity index (χ3v) is 4.71. The Kier molecular flexibility index (Phi) is 4.73. The molecule has 9 heteroatoms. The van der Waals surface area contributed by atoms with Crippen LogP contribution in [0.25, 0.3) is 17.4 Å². The summed E-state index contributed by atoms with van der Waals surface area (Å²) in [4.78, 5) is 35.4. The fourth-order valence-corrected chi connectivity index (χ4v) is 3.24. The predicted molar refractivity (Wildman–Crippen MR) is 109 cm³/mol. The number of hydrogen-bond acceptors (Lipinski definition) is 5. The number of carbonyl (C=O) groups excluding carboxylic acids is 2. The van der Waals surface area contributed by atoms with E-state index in [1.165, 1.54) is 18.2 Å². The van der Waals surface area contributed by atoms with E-state index in [1.54, 1.807) is 48.5 Å². The first-order chi connectivity index (χ1) is 13.9. The SMILES string of the molecule is O=C1NN(c2cccc(Br)c2)C(=O)/C1=C\c1ccc(-c2cccc([N+](=O)[O-])c2)o1. The Morgan fingerprint density at radius 3 is 2.62 bits per heavy atom. The number of rotatable bonds is 4. The van der Waals surface area contributed by atoms with E-state index in [0.717, 1.165) is 9.48 Å². The minimum Gasteiger partial charge on any atom is -0.457 e. The summed E-state index contributed by atoms with van der Waals surface area (Å²) in [6.45, 7) is 0. The average molecular weight is 454 g/mol. The van der Waals surface area contributed by atoms with Crippen LogP contribution >= 0.6 is 15.9 Å². The molecule has 144 valence electrons. The maximum atomic E-state index is 12.7. The van der Waals surface area contributed by atoms with Gasteiger partial charge in [-0.2, -0.15) is 0 Å². The van der Waals surface area contributed by atoms with Crippen LogP contribution in [0.4, 0.5) is 11.4 Å². The van der Waals surface area contributed by atoms with Crippen molar-refractivity contribution in [3.05, 3.63) is 86.6 Å². The molecule has 0 spiro atoms. The fourth-order valence-electron chi connectivity index (χ4n) is 2.85. The number of nitro benzene ring substituents is 1. The van der Waals surface area contributed by atoms with Crippen molar-refractivity contribution < 1.29 is 18.9 Å². The Bertz CT molecular complexity index is 1180. The quantitative estimate of drug-likeness (QED) is 0.277. The number of hydrazine groups is 1. The van der Waals surface area contributed by atoms with Gasteiger partial charge in [0.15, 0.2) is 0 Å². The molecule has 4 rings (SSSR count). The summed E-state index contributed by atoms with van der Waals surface area (Å²) in [7, 11) is 0. The molecule has 2 aromatic carbocycles. The standard InChI is InChI=1S/C20H12BrN3O5/c21-13-4-2-5-14(10-13)23-20(26)17(19(25)22-23)11-16-7-8-18(29-16)12-3-1-6-15(9-12)24(27)28/h1-11H,(H,22,25)/b17-11-. The second kappa shape index (κ2) is 7.36. The summed E-state index contributed by atoms with van der Waals surface area (Å²) in [6, 6.07) is 16.2. The van der Waals surface area contributed by atoms with Gasteiger partial charge in [-0.1, -0.05) is 34.1 Å². The molecule has 1 N–H and O–H groups in total. The maximum Gasteiger partial charge on any atom is 0.282 e. The number of hydrogen-bond donors (Lipinski definition) is 1. The molecule has 0 bridgehead atoms. The molecule has 0 aliphatic carbocycles. The molecule has 1 saturated heterocycles. The van der Waals surface area contributed by atoms with Gasteiger partial charge in [0.05, 0.1) is 10.6 Å². The van der Waals surface area contributed by atoms with Crippen LogP contribution < -0.4 is 10.4 Å². The number of nitrogens with zero attached hydrogens (tertiary/aromatic N) is 2. The van der Waals surface area contributed by atoms with E-state index >= 15 is 0 Å². The highest BCUT2D eigenvalue weighted by atomic mass is 79.9. The molecule has 0 atom stereocenters. The summed E-state index contributed by atoms with van der Waals surface area (Å²) in [6.07, 6.45) is 1.34. The summed E-state index contributed by atoms with van der Waals surface area (Å²) in [5.41, 5.74) is 3.40. The Morgan fingerprint density at radius 2 is 1.86 bits per heavy atom. The van der Waals surface area contributed by atoms with Crippen LogP contribution in [0.3, 0.4) is 0 Å². The summed E-state index contributed by atoms with van der Waals surface area (Å²) in [5.74, 6) is -0.402. The molecule has 1 aromatic heterocycles. The Labute approximate surface area is 172 Å². The Morgan fingerprint density at radius 1 is 1.07 bits per heavy atom. The minimum atomic E-state index is -0.553. The monoisotopic (exact) mass is 453 g/mol. The van der Waals surface area contributed by atoms with Gasteiger partial charge in [0.2, 0.25) is 0 Å². The highest BCUT2D eigenvalue weighted by Gasteiger charge is 2.34. The van der Waals surface area contributed by atoms with E-state index in [1.807, 2.05) is 0 Å². The van der Waals surface area contributed by atoms with Gasteiger partial charge in [0.25, 0.3) is 17.5 Å². The van der Waals surface area contributed by atoms with E-state index in [-0.39, 0.29) is 17.0 Å². The van der Waals surface area contributed by atoms with Gasteiger partial charge < -0.3 is 4.42 Å². The first kappa shape index (κ1) is 18.6. The second-order valence-electron chi connectivity index (χ2n) is 6.13. The molecule has 0 saturated carbocycles. The van der Waals surface area contributed by atoms with Crippen molar-refractivity contribution in [2.75, 3.05) is 5.01 Å². The normalized spacial score (nSPS) is 15.1. The van der Waals surface area contributed by atoms with Crippen LogP contribution in [0, 0.1) is 10.1 Å². The Hall–Kier alpha value is -3.72. The van der Waals surface area contributed by atoms with E-state index < -0.39 is 16.7 Å². The third kappa shape index (κ3) is 3.67. The fraction of sp³-hybridized carbons (Fsp3) is 0. The largest absolute Gasteiger partial charge is 0.457 e. The van der Waals surface area contributed by atoms with Crippen LogP contribution in [0.15, 0.2) is 75.1 Å². The van der Waals surface area contributed by atoms with E-state index in [2.05, 4.69) is 21.4 Å². The Balaban J connectivity index is 1.62. The molecule has 2 amide bonds. The molecule has 1 aliphatic heterocycles. The first-order valence-corrected chi connectivity index (χ1v) is 9.19. The van der Waals surface area contributed by atoms with Gasteiger partial charge in [0, 0.05) is 22.2 Å². The minimum absolute atomic E-state index is 0.0613. The predicted octanol–water partition coefficient (Wildman–Crippen LogP) is 4.08. The summed E-state index contributed by atoms with van der Waals surface area (Å²) < 4.78 is 6.43. The van der Waals surface area contributed by atoms with Gasteiger partial charge >= 0.3 is 0 Å². The van der Waals surface area contributed by atoms with Gasteiger partial charge in [-0.05, 0) is 36.4 Å². The zero-order valence-corrected chi connectivity index (χ0v) is 16.3. The van der Waals surface area contributed by atoms with Gasteiger partial charge in [-0.3, -0.25) is 25.1 Å². The maximum absolute atomic E-state index is 12.7. The number of nitrogens with one attached hydrogen (secondary N) is 1. The van der Waals surface area contributed by atoms with Crippen molar-refractivity contribution >= 4 is 45.2 Å². The number of non-ortho nitro benzene ring substituents is 1. The van der Waals surface area contributed by atoms with Gasteiger partial charge in [-0.25, -0.2) is 5.01 Å². The molecule has 2 heterocycles. The van der Waals surface area contributed by atoms with Crippen molar-refractivity contribution in [1.82, 2.24) is 5.43 Å². The van der Waals surface area contributed by atoms with Crippen molar-refractivity contribution in [3.8, 4) is 11.3 Å². The number of anilines is 1. The molecule has 0 unspecified atom stereocenters. The van der Waals surface area contributed by atoms with Crippen LogP contribution in [0.2, 0.25) is 0 Å². The van der Waals surface area contributed by atoms with E-state index in [0.29, 0.717) is 17.0 Å². The lowest BCUT2D eigenvalue weighted by Gasteiger charge is -2.14. The molecule has 0 radical (unpaired) electrons. The van der Waals surface area contributed by atoms with Crippen LogP contribution in [-0.2, 0) is 9.59 Å². The lowest BCUT2D eigenvalue weighted by Crippen LogP contribution is -2.35. The molecule has 29 heavy (non-hydrogen) atoms. The molecular formula is C20H12BrN3O5. The van der Waals surface area contributed by atoms with E-state index in [9.17, 15) is 19.7 Å². The van der Waals surface area contributed by atoms with Gasteiger partial charge in [0.1, 0.15) is 17.1 Å². The number of halogens is 1. The van der Waals surface area contributed by atoms with Crippen LogP contribution in [0.1, 0.15) is 5.76 Å². The number of carbonyl (C=O) groups is 2. The molecule has 3 aromatic rings. The molecule has 1 fully saturated rings.